The Kier molecular flexibility index (Phi) is 2.82. The maximum absolute atomic E-state index is 12.4. The number of rotatable bonds is 2. The lowest BCUT2D eigenvalue weighted by molar-refractivity contribution is 0.0787. The smallest absolute Gasteiger partial charge is 0.253 e. The third-order valence-electron chi connectivity index (χ3n) is 3.95. The third-order valence-corrected chi connectivity index (χ3v) is 3.95. The van der Waals surface area contributed by atoms with E-state index >= 15 is 0 Å². The van der Waals surface area contributed by atoms with E-state index in [-0.39, 0.29) is 5.91 Å². The van der Waals surface area contributed by atoms with Crippen molar-refractivity contribution in [2.45, 2.75) is 19.8 Å². The quantitative estimate of drug-likeness (QED) is 0.863. The van der Waals surface area contributed by atoms with Gasteiger partial charge in [0, 0.05) is 30.4 Å². The van der Waals surface area contributed by atoms with Gasteiger partial charge in [-0.05, 0) is 35.9 Å². The van der Waals surface area contributed by atoms with Gasteiger partial charge in [-0.1, -0.05) is 19.4 Å². The van der Waals surface area contributed by atoms with E-state index in [4.69, 9.17) is 0 Å². The second-order valence-electron chi connectivity index (χ2n) is 5.09. The number of hydrogen-bond acceptors (Lipinski definition) is 1. The van der Waals surface area contributed by atoms with Crippen LogP contribution in [0.3, 0.4) is 0 Å². The molecule has 0 bridgehead atoms. The summed E-state index contributed by atoms with van der Waals surface area (Å²) in [6.07, 6.45) is 4.22. The van der Waals surface area contributed by atoms with E-state index in [0.717, 1.165) is 36.0 Å². The van der Waals surface area contributed by atoms with Crippen molar-refractivity contribution in [3.05, 3.63) is 36.0 Å². The summed E-state index contributed by atoms with van der Waals surface area (Å²) in [6.45, 7) is 4.02. The van der Waals surface area contributed by atoms with Crippen molar-refractivity contribution in [3.8, 4) is 0 Å². The van der Waals surface area contributed by atoms with Crippen molar-refractivity contribution in [3.63, 3.8) is 0 Å². The molecule has 1 unspecified atom stereocenters. The number of hydrogen-bond donors (Lipinski definition) is 1. The van der Waals surface area contributed by atoms with Crippen LogP contribution in [0.4, 0.5) is 0 Å². The number of aromatic nitrogens is 1. The first-order valence-electron chi connectivity index (χ1n) is 6.64. The number of nitrogens with one attached hydrogen (secondary N) is 1. The predicted octanol–water partition coefficient (Wildman–Crippen LogP) is 3.04. The molecule has 3 rings (SSSR count). The first kappa shape index (κ1) is 11.3. The van der Waals surface area contributed by atoms with Gasteiger partial charge in [-0.25, -0.2) is 0 Å². The Hall–Kier alpha value is -1.77. The number of likely N-dealkylation sites (tertiary alicyclic amines) is 1. The van der Waals surface area contributed by atoms with Crippen LogP contribution in [0.25, 0.3) is 10.9 Å². The van der Waals surface area contributed by atoms with Crippen molar-refractivity contribution >= 4 is 16.8 Å². The van der Waals surface area contributed by atoms with Gasteiger partial charge in [-0.15, -0.1) is 0 Å². The fourth-order valence-corrected chi connectivity index (χ4v) is 2.71. The van der Waals surface area contributed by atoms with Gasteiger partial charge in [-0.3, -0.25) is 4.79 Å². The van der Waals surface area contributed by atoms with Crippen LogP contribution in [-0.2, 0) is 0 Å². The standard InChI is InChI=1S/C15H18N2O/c1-2-11-6-8-17(10-11)15(18)13-4-3-12-5-7-16-14(12)9-13/h3-5,7,9,11,16H,2,6,8,10H2,1H3. The summed E-state index contributed by atoms with van der Waals surface area (Å²) in [4.78, 5) is 17.5. The van der Waals surface area contributed by atoms with Crippen LogP contribution < -0.4 is 0 Å². The highest BCUT2D eigenvalue weighted by Crippen LogP contribution is 2.22. The fourth-order valence-electron chi connectivity index (χ4n) is 2.71. The third kappa shape index (κ3) is 1.90. The molecule has 1 N–H and O–H groups in total. The summed E-state index contributed by atoms with van der Waals surface area (Å²) < 4.78 is 0. The van der Waals surface area contributed by atoms with Gasteiger partial charge in [0.2, 0.25) is 0 Å². The normalized spacial score (nSPS) is 19.6. The molecule has 1 aliphatic rings. The minimum absolute atomic E-state index is 0.169. The molecule has 18 heavy (non-hydrogen) atoms. The Morgan fingerprint density at radius 2 is 2.33 bits per heavy atom. The molecule has 0 radical (unpaired) electrons. The molecule has 1 amide bonds. The van der Waals surface area contributed by atoms with Crippen LogP contribution in [0.2, 0.25) is 0 Å². The van der Waals surface area contributed by atoms with Crippen molar-refractivity contribution in [2.24, 2.45) is 5.92 Å². The van der Waals surface area contributed by atoms with E-state index in [0.29, 0.717) is 5.92 Å². The summed E-state index contributed by atoms with van der Waals surface area (Å²) >= 11 is 0. The number of carbonyl (C=O) groups is 1. The van der Waals surface area contributed by atoms with E-state index in [9.17, 15) is 4.79 Å². The molecule has 2 aromatic rings. The Labute approximate surface area is 107 Å². The van der Waals surface area contributed by atoms with E-state index in [1.54, 1.807) is 0 Å². The van der Waals surface area contributed by atoms with Crippen molar-refractivity contribution < 1.29 is 4.79 Å². The van der Waals surface area contributed by atoms with Gasteiger partial charge in [0.15, 0.2) is 0 Å². The molecule has 3 heteroatoms. The lowest BCUT2D eigenvalue weighted by Crippen LogP contribution is -2.28. The van der Waals surface area contributed by atoms with Gasteiger partial charge < -0.3 is 9.88 Å². The first-order valence-corrected chi connectivity index (χ1v) is 6.64. The predicted molar refractivity (Wildman–Crippen MR) is 72.6 cm³/mol. The number of aromatic amines is 1. The summed E-state index contributed by atoms with van der Waals surface area (Å²) in [5.74, 6) is 0.852. The molecule has 1 atom stereocenters. The average molecular weight is 242 g/mol. The maximum Gasteiger partial charge on any atom is 0.253 e. The van der Waals surface area contributed by atoms with Crippen molar-refractivity contribution in [1.82, 2.24) is 9.88 Å². The Bertz CT molecular complexity index is 573. The number of benzene rings is 1. The lowest BCUT2D eigenvalue weighted by atomic mass is 10.1. The second kappa shape index (κ2) is 4.48. The van der Waals surface area contributed by atoms with Crippen LogP contribution >= 0.6 is 0 Å². The van der Waals surface area contributed by atoms with Crippen LogP contribution in [0, 0.1) is 5.92 Å². The van der Waals surface area contributed by atoms with E-state index in [1.165, 1.54) is 6.42 Å². The van der Waals surface area contributed by atoms with Gasteiger partial charge in [-0.2, -0.15) is 0 Å². The minimum Gasteiger partial charge on any atom is -0.361 e. The molecule has 1 aromatic heterocycles. The number of fused-ring (bicyclic) bond motifs is 1. The van der Waals surface area contributed by atoms with Gasteiger partial charge in [0.05, 0.1) is 0 Å². The SMILES string of the molecule is CCC1CCN(C(=O)c2ccc3cc[nH]c3c2)C1. The van der Waals surface area contributed by atoms with Crippen LogP contribution in [0.15, 0.2) is 30.5 Å². The molecule has 1 saturated heterocycles. The molecule has 94 valence electrons. The molecular weight excluding hydrogens is 224 g/mol. The van der Waals surface area contributed by atoms with Gasteiger partial charge in [0.25, 0.3) is 5.91 Å². The summed E-state index contributed by atoms with van der Waals surface area (Å²) in [5.41, 5.74) is 1.83. The molecule has 0 saturated carbocycles. The highest BCUT2D eigenvalue weighted by molar-refractivity contribution is 5.98. The van der Waals surface area contributed by atoms with E-state index < -0.39 is 0 Å². The highest BCUT2D eigenvalue weighted by atomic mass is 16.2. The molecule has 1 fully saturated rings. The summed E-state index contributed by atoms with van der Waals surface area (Å²) in [6, 6.07) is 7.91. The monoisotopic (exact) mass is 242 g/mol. The fraction of sp³-hybridized carbons (Fsp3) is 0.400. The zero-order valence-corrected chi connectivity index (χ0v) is 10.6. The van der Waals surface area contributed by atoms with E-state index in [1.807, 2.05) is 35.4 Å². The Morgan fingerprint density at radius 3 is 3.11 bits per heavy atom. The zero-order valence-electron chi connectivity index (χ0n) is 10.6. The molecule has 3 nitrogen and oxygen atoms in total. The molecule has 1 aliphatic heterocycles. The second-order valence-corrected chi connectivity index (χ2v) is 5.09. The summed E-state index contributed by atoms with van der Waals surface area (Å²) in [5, 5.41) is 1.15. The molecular formula is C15H18N2O. The number of H-pyrrole nitrogens is 1. The number of carbonyl (C=O) groups excluding carboxylic acids is 1. The van der Waals surface area contributed by atoms with Crippen molar-refractivity contribution in [1.29, 1.82) is 0 Å². The maximum atomic E-state index is 12.4. The minimum atomic E-state index is 0.169. The van der Waals surface area contributed by atoms with Crippen molar-refractivity contribution in [2.75, 3.05) is 13.1 Å². The topological polar surface area (TPSA) is 36.1 Å². The molecule has 0 spiro atoms. The largest absolute Gasteiger partial charge is 0.361 e. The first-order chi connectivity index (χ1) is 8.78. The lowest BCUT2D eigenvalue weighted by Gasteiger charge is -2.16. The molecule has 2 heterocycles. The number of amides is 1. The highest BCUT2D eigenvalue weighted by Gasteiger charge is 2.25. The van der Waals surface area contributed by atoms with Gasteiger partial charge >= 0.3 is 0 Å². The van der Waals surface area contributed by atoms with Crippen LogP contribution in [0.5, 0.6) is 0 Å². The van der Waals surface area contributed by atoms with Crippen LogP contribution in [0.1, 0.15) is 30.1 Å². The van der Waals surface area contributed by atoms with Gasteiger partial charge in [0.1, 0.15) is 0 Å². The average Bonchev–Trinajstić information content (AvgIpc) is 3.05. The zero-order chi connectivity index (χ0) is 12.5. The Morgan fingerprint density at radius 1 is 1.44 bits per heavy atom. The van der Waals surface area contributed by atoms with E-state index in [2.05, 4.69) is 11.9 Å². The molecule has 0 aliphatic carbocycles. The summed E-state index contributed by atoms with van der Waals surface area (Å²) in [7, 11) is 0. The Balaban J connectivity index is 1.83. The van der Waals surface area contributed by atoms with Crippen LogP contribution in [-0.4, -0.2) is 28.9 Å². The number of nitrogens with zero attached hydrogens (tertiary/aromatic N) is 1. The molecule has 1 aromatic carbocycles.